The van der Waals surface area contributed by atoms with Crippen LogP contribution in [0.1, 0.15) is 33.9 Å². The number of amides is 3. The Morgan fingerprint density at radius 3 is 2.08 bits per heavy atom. The molecule has 3 aliphatic carbocycles. The van der Waals surface area contributed by atoms with E-state index in [9.17, 15) is 19.2 Å². The number of nitrogens with zero attached hydrogens (tertiary/aromatic N) is 3. The van der Waals surface area contributed by atoms with Gasteiger partial charge in [-0.3, -0.25) is 28.8 Å². The second-order valence-electron chi connectivity index (χ2n) is 10.6. The number of likely N-dealkylation sites (tertiary alicyclic amines) is 1. The molecule has 1 saturated heterocycles. The molecule has 0 spiro atoms. The van der Waals surface area contributed by atoms with E-state index in [4.69, 9.17) is 0 Å². The Morgan fingerprint density at radius 1 is 0.875 bits per heavy atom. The Bertz CT molecular complexity index is 1760. The number of carbonyl (C=O) groups is 3. The number of hydrogen-bond donors (Lipinski definition) is 1. The van der Waals surface area contributed by atoms with Crippen LogP contribution in [0.3, 0.4) is 0 Å². The highest BCUT2D eigenvalue weighted by molar-refractivity contribution is 9.09. The highest BCUT2D eigenvalue weighted by Crippen LogP contribution is 2.66. The molecule has 0 unspecified atom stereocenters. The third-order valence-corrected chi connectivity index (χ3v) is 10.1. The summed E-state index contributed by atoms with van der Waals surface area (Å²) >= 11 is 3.96. The Kier molecular flexibility index (Phi) is 5.34. The van der Waals surface area contributed by atoms with Crippen LogP contribution < -0.4 is 10.9 Å². The lowest BCUT2D eigenvalue weighted by molar-refractivity contribution is -0.142. The van der Waals surface area contributed by atoms with E-state index in [0.717, 1.165) is 27.2 Å². The van der Waals surface area contributed by atoms with E-state index in [2.05, 4.69) is 21.2 Å². The maximum atomic E-state index is 14.0. The SMILES string of the molecule is Cc1c(NC(=O)CN2C(=O)[C@@H]3C4c5ccccc5C(Br)(c5ccccc54)[C@H]3C2=O)c(=O)n(-c2ccccc2)n1C. The maximum Gasteiger partial charge on any atom is 0.295 e. The number of rotatable bonds is 4. The number of anilines is 1. The predicted octanol–water partition coefficient (Wildman–Crippen LogP) is 3.82. The fraction of sp³-hybridized carbons (Fsp3) is 0.226. The van der Waals surface area contributed by atoms with Crippen LogP contribution in [-0.2, 0) is 25.8 Å². The van der Waals surface area contributed by atoms with E-state index in [1.54, 1.807) is 30.8 Å². The Labute approximate surface area is 238 Å². The molecule has 4 aliphatic rings. The summed E-state index contributed by atoms with van der Waals surface area (Å²) in [5.41, 5.74) is 4.94. The first-order valence-electron chi connectivity index (χ1n) is 13.1. The first kappa shape index (κ1) is 24.8. The van der Waals surface area contributed by atoms with Gasteiger partial charge >= 0.3 is 0 Å². The van der Waals surface area contributed by atoms with Crippen molar-refractivity contribution < 1.29 is 14.4 Å². The topological polar surface area (TPSA) is 93.4 Å². The van der Waals surface area contributed by atoms with Crippen molar-refractivity contribution in [2.24, 2.45) is 18.9 Å². The summed E-state index contributed by atoms with van der Waals surface area (Å²) in [6.07, 6.45) is 0. The van der Waals surface area contributed by atoms with Crippen molar-refractivity contribution >= 4 is 39.3 Å². The van der Waals surface area contributed by atoms with E-state index in [1.165, 1.54) is 4.68 Å². The average molecular weight is 597 g/mol. The zero-order valence-corrected chi connectivity index (χ0v) is 23.4. The van der Waals surface area contributed by atoms with Crippen molar-refractivity contribution in [1.29, 1.82) is 0 Å². The molecule has 3 amide bonds. The molecule has 9 heteroatoms. The number of alkyl halides is 1. The molecule has 3 aromatic carbocycles. The molecular formula is C31H25BrN4O4. The monoisotopic (exact) mass is 596 g/mol. The molecule has 200 valence electrons. The van der Waals surface area contributed by atoms with Gasteiger partial charge in [-0.05, 0) is 41.3 Å². The van der Waals surface area contributed by atoms with Crippen LogP contribution in [0, 0.1) is 18.8 Å². The Morgan fingerprint density at radius 2 is 1.45 bits per heavy atom. The summed E-state index contributed by atoms with van der Waals surface area (Å²) in [6.45, 7) is 1.27. The second kappa shape index (κ2) is 8.63. The summed E-state index contributed by atoms with van der Waals surface area (Å²) in [5, 5.41) is 2.69. The standard InChI is InChI=1S/C31H25BrN4O4/c1-17-27(30(40)36(34(17)2)18-10-4-3-5-11-18)33-23(37)16-35-28(38)25-24-19-12-6-8-14-21(19)31(32,26(25)29(35)39)22-15-9-7-13-20(22)24/h3-15,24-26H,16H2,1-2H3,(H,33,37)/t24?,25-,26-,31?/m1/s1. The molecule has 1 aromatic heterocycles. The molecule has 40 heavy (non-hydrogen) atoms. The van der Waals surface area contributed by atoms with Gasteiger partial charge in [-0.2, -0.15) is 0 Å². The number of nitrogens with one attached hydrogen (secondary N) is 1. The number of hydrogen-bond acceptors (Lipinski definition) is 4. The Hall–Kier alpha value is -4.24. The first-order chi connectivity index (χ1) is 19.2. The van der Waals surface area contributed by atoms with Crippen molar-refractivity contribution in [2.45, 2.75) is 17.2 Å². The lowest BCUT2D eigenvalue weighted by atomic mass is 9.55. The fourth-order valence-corrected chi connectivity index (χ4v) is 8.13. The van der Waals surface area contributed by atoms with E-state index >= 15 is 0 Å². The molecule has 4 aromatic rings. The van der Waals surface area contributed by atoms with Gasteiger partial charge in [0.1, 0.15) is 12.2 Å². The summed E-state index contributed by atoms with van der Waals surface area (Å²) in [7, 11) is 1.73. The molecule has 0 saturated carbocycles. The minimum atomic E-state index is -0.878. The maximum absolute atomic E-state index is 14.0. The van der Waals surface area contributed by atoms with Crippen LogP contribution in [0.25, 0.3) is 5.69 Å². The van der Waals surface area contributed by atoms with Crippen LogP contribution in [-0.4, -0.2) is 38.5 Å². The van der Waals surface area contributed by atoms with Crippen LogP contribution in [0.15, 0.2) is 83.7 Å². The van der Waals surface area contributed by atoms with Crippen molar-refractivity contribution in [1.82, 2.24) is 14.3 Å². The van der Waals surface area contributed by atoms with E-state index in [1.807, 2.05) is 66.7 Å². The van der Waals surface area contributed by atoms with Gasteiger partial charge in [0.2, 0.25) is 17.7 Å². The largest absolute Gasteiger partial charge is 0.318 e. The minimum Gasteiger partial charge on any atom is -0.318 e. The van der Waals surface area contributed by atoms with E-state index in [-0.39, 0.29) is 23.4 Å². The molecule has 1 fully saturated rings. The predicted molar refractivity (Wildman–Crippen MR) is 153 cm³/mol. The Balaban J connectivity index is 1.22. The highest BCUT2D eigenvalue weighted by Gasteiger charge is 2.67. The summed E-state index contributed by atoms with van der Waals surface area (Å²) < 4.78 is 2.25. The molecule has 8 nitrogen and oxygen atoms in total. The van der Waals surface area contributed by atoms with Gasteiger partial charge in [0, 0.05) is 13.0 Å². The summed E-state index contributed by atoms with van der Waals surface area (Å²) in [6, 6.07) is 24.9. The number of halogens is 1. The molecule has 1 aliphatic heterocycles. The van der Waals surface area contributed by atoms with E-state index < -0.39 is 34.2 Å². The molecule has 0 radical (unpaired) electrons. The molecule has 2 bridgehead atoms. The molecule has 2 atom stereocenters. The van der Waals surface area contributed by atoms with Crippen molar-refractivity contribution in [3.63, 3.8) is 0 Å². The first-order valence-corrected chi connectivity index (χ1v) is 13.9. The van der Waals surface area contributed by atoms with Crippen LogP contribution in [0.4, 0.5) is 5.69 Å². The average Bonchev–Trinajstić information content (AvgIpc) is 3.34. The van der Waals surface area contributed by atoms with E-state index in [0.29, 0.717) is 11.4 Å². The number of para-hydroxylation sites is 1. The normalized spacial score (nSPS) is 24.1. The van der Waals surface area contributed by atoms with Gasteiger partial charge in [0.05, 0.1) is 27.5 Å². The smallest absolute Gasteiger partial charge is 0.295 e. The third-order valence-electron chi connectivity index (χ3n) is 8.73. The molecule has 2 heterocycles. The van der Waals surface area contributed by atoms with Crippen molar-refractivity contribution in [3.05, 3.63) is 117 Å². The number of benzene rings is 3. The van der Waals surface area contributed by atoms with Crippen LogP contribution in [0.2, 0.25) is 0 Å². The third kappa shape index (κ3) is 3.12. The van der Waals surface area contributed by atoms with Gasteiger partial charge in [0.15, 0.2) is 0 Å². The van der Waals surface area contributed by atoms with Crippen LogP contribution >= 0.6 is 15.9 Å². The fourth-order valence-electron chi connectivity index (χ4n) is 6.93. The minimum absolute atomic E-state index is 0.115. The van der Waals surface area contributed by atoms with Crippen molar-refractivity contribution in [2.75, 3.05) is 11.9 Å². The number of aromatic nitrogens is 2. The molecule has 1 N–H and O–H groups in total. The summed E-state index contributed by atoms with van der Waals surface area (Å²) in [5.74, 6) is -2.94. The van der Waals surface area contributed by atoms with Gasteiger partial charge in [-0.15, -0.1) is 0 Å². The summed E-state index contributed by atoms with van der Waals surface area (Å²) in [4.78, 5) is 55.5. The lowest BCUT2D eigenvalue weighted by Crippen LogP contribution is -2.50. The zero-order valence-electron chi connectivity index (χ0n) is 21.8. The highest BCUT2D eigenvalue weighted by atomic mass is 79.9. The number of carbonyl (C=O) groups excluding carboxylic acids is 3. The van der Waals surface area contributed by atoms with Crippen molar-refractivity contribution in [3.8, 4) is 5.69 Å². The molecule has 8 rings (SSSR count). The quantitative estimate of drug-likeness (QED) is 0.286. The van der Waals surface area contributed by atoms with Gasteiger partial charge in [0.25, 0.3) is 5.56 Å². The van der Waals surface area contributed by atoms with Gasteiger partial charge in [-0.25, -0.2) is 4.68 Å². The lowest BCUT2D eigenvalue weighted by Gasteiger charge is -2.51. The second-order valence-corrected chi connectivity index (χ2v) is 11.9. The van der Waals surface area contributed by atoms with Gasteiger partial charge in [-0.1, -0.05) is 82.7 Å². The molecular weight excluding hydrogens is 572 g/mol. The van der Waals surface area contributed by atoms with Gasteiger partial charge < -0.3 is 5.32 Å². The zero-order chi connectivity index (χ0) is 27.9. The number of imide groups is 1. The van der Waals surface area contributed by atoms with Crippen LogP contribution in [0.5, 0.6) is 0 Å².